The van der Waals surface area contributed by atoms with E-state index in [2.05, 4.69) is 19.2 Å². The van der Waals surface area contributed by atoms with Crippen LogP contribution < -0.4 is 11.1 Å². The highest BCUT2D eigenvalue weighted by atomic mass is 16.5. The molecule has 0 aromatic rings. The summed E-state index contributed by atoms with van der Waals surface area (Å²) >= 11 is 0. The third-order valence-corrected chi connectivity index (χ3v) is 2.25. The van der Waals surface area contributed by atoms with E-state index < -0.39 is 0 Å². The molecule has 1 atom stereocenters. The number of nitrogens with one attached hydrogen (secondary N) is 1. The van der Waals surface area contributed by atoms with Crippen molar-refractivity contribution in [1.82, 2.24) is 5.32 Å². The molecule has 0 heterocycles. The molecular formula is C13H28N2O3. The van der Waals surface area contributed by atoms with Crippen molar-refractivity contribution in [1.29, 1.82) is 0 Å². The predicted molar refractivity (Wildman–Crippen MR) is 72.3 cm³/mol. The summed E-state index contributed by atoms with van der Waals surface area (Å²) in [4.78, 5) is 11.2. The lowest BCUT2D eigenvalue weighted by Gasteiger charge is -2.18. The van der Waals surface area contributed by atoms with Crippen LogP contribution in [0.4, 0.5) is 0 Å². The zero-order chi connectivity index (χ0) is 14.0. The lowest BCUT2D eigenvalue weighted by molar-refractivity contribution is -0.120. The second kappa shape index (κ2) is 10.3. The van der Waals surface area contributed by atoms with Crippen LogP contribution in [0.3, 0.4) is 0 Å². The minimum atomic E-state index is -0.330. The Hall–Kier alpha value is -0.650. The summed E-state index contributed by atoms with van der Waals surface area (Å²) < 4.78 is 10.8. The molecule has 0 aromatic heterocycles. The first kappa shape index (κ1) is 17.4. The molecule has 0 saturated heterocycles. The Bertz CT molecular complexity index is 220. The van der Waals surface area contributed by atoms with Gasteiger partial charge in [-0.25, -0.2) is 0 Å². The first-order valence-electron chi connectivity index (χ1n) is 6.64. The molecule has 0 bridgehead atoms. The molecule has 1 amide bonds. The van der Waals surface area contributed by atoms with Gasteiger partial charge in [-0.1, -0.05) is 27.7 Å². The van der Waals surface area contributed by atoms with E-state index in [1.165, 1.54) is 0 Å². The molecule has 5 heteroatoms. The van der Waals surface area contributed by atoms with Crippen LogP contribution in [-0.4, -0.2) is 44.4 Å². The number of primary amides is 1. The smallest absolute Gasteiger partial charge is 0.234 e. The molecular weight excluding hydrogens is 232 g/mol. The van der Waals surface area contributed by atoms with Crippen LogP contribution in [0.25, 0.3) is 0 Å². The molecule has 0 aliphatic rings. The Morgan fingerprint density at radius 2 is 1.72 bits per heavy atom. The minimum Gasteiger partial charge on any atom is -0.379 e. The number of amides is 1. The molecule has 0 aliphatic heterocycles. The Morgan fingerprint density at radius 3 is 2.22 bits per heavy atom. The number of ether oxygens (including phenoxy) is 2. The van der Waals surface area contributed by atoms with Crippen LogP contribution >= 0.6 is 0 Å². The lowest BCUT2D eigenvalue weighted by atomic mass is 10.2. The Balaban J connectivity index is 3.52. The molecule has 0 aromatic carbocycles. The van der Waals surface area contributed by atoms with Crippen LogP contribution in [0.1, 0.15) is 34.1 Å². The quantitative estimate of drug-likeness (QED) is 0.542. The average molecular weight is 260 g/mol. The van der Waals surface area contributed by atoms with E-state index in [-0.39, 0.29) is 18.0 Å². The zero-order valence-electron chi connectivity index (χ0n) is 12.1. The number of nitrogens with two attached hydrogens (primary N) is 1. The highest BCUT2D eigenvalue weighted by Crippen LogP contribution is 1.96. The molecule has 18 heavy (non-hydrogen) atoms. The monoisotopic (exact) mass is 260 g/mol. The lowest BCUT2D eigenvalue weighted by Crippen LogP contribution is -2.45. The minimum absolute atomic E-state index is 0.233. The van der Waals surface area contributed by atoms with Crippen LogP contribution in [0.5, 0.6) is 0 Å². The molecule has 5 nitrogen and oxygen atoms in total. The first-order chi connectivity index (χ1) is 8.43. The highest BCUT2D eigenvalue weighted by molar-refractivity contribution is 5.79. The van der Waals surface area contributed by atoms with E-state index in [1.54, 1.807) is 0 Å². The molecule has 108 valence electrons. The largest absolute Gasteiger partial charge is 0.379 e. The van der Waals surface area contributed by atoms with E-state index in [4.69, 9.17) is 15.2 Å². The van der Waals surface area contributed by atoms with Crippen molar-refractivity contribution in [2.45, 2.75) is 46.2 Å². The molecule has 0 spiro atoms. The van der Waals surface area contributed by atoms with Gasteiger partial charge in [0.15, 0.2) is 0 Å². The fourth-order valence-electron chi connectivity index (χ4n) is 1.45. The maximum absolute atomic E-state index is 11.2. The highest BCUT2D eigenvalue weighted by Gasteiger charge is 2.15. The van der Waals surface area contributed by atoms with Crippen molar-refractivity contribution < 1.29 is 14.3 Å². The van der Waals surface area contributed by atoms with Crippen molar-refractivity contribution in [3.8, 4) is 0 Å². The van der Waals surface area contributed by atoms with Gasteiger partial charge in [-0.05, 0) is 12.3 Å². The third kappa shape index (κ3) is 10.5. The Kier molecular flexibility index (Phi) is 9.92. The molecule has 0 rings (SSSR count). The molecule has 0 fully saturated rings. The summed E-state index contributed by atoms with van der Waals surface area (Å²) in [6.45, 7) is 10.6. The van der Waals surface area contributed by atoms with Crippen LogP contribution in [0, 0.1) is 5.92 Å². The van der Waals surface area contributed by atoms with Gasteiger partial charge in [0.05, 0.1) is 19.3 Å². The summed E-state index contributed by atoms with van der Waals surface area (Å²) in [6.07, 6.45) is 0.595. The molecule has 1 unspecified atom stereocenters. The second-order valence-corrected chi connectivity index (χ2v) is 5.15. The summed E-state index contributed by atoms with van der Waals surface area (Å²) in [5, 5.41) is 3.11. The van der Waals surface area contributed by atoms with Crippen LogP contribution in [-0.2, 0) is 14.3 Å². The van der Waals surface area contributed by atoms with Crippen molar-refractivity contribution in [3.05, 3.63) is 0 Å². The van der Waals surface area contributed by atoms with Gasteiger partial charge in [0, 0.05) is 19.3 Å². The average Bonchev–Trinajstić information content (AvgIpc) is 2.25. The maximum Gasteiger partial charge on any atom is 0.234 e. The number of carbonyl (C=O) groups is 1. The number of carbonyl (C=O) groups excluding carboxylic acids is 1. The third-order valence-electron chi connectivity index (χ3n) is 2.25. The second-order valence-electron chi connectivity index (χ2n) is 5.15. The van der Waals surface area contributed by atoms with Gasteiger partial charge in [0.25, 0.3) is 0 Å². The summed E-state index contributed by atoms with van der Waals surface area (Å²) in [7, 11) is 0. The zero-order valence-corrected chi connectivity index (χ0v) is 12.1. The Labute approximate surface area is 110 Å². The summed E-state index contributed by atoms with van der Waals surface area (Å²) in [5.74, 6) is 0.211. The number of rotatable bonds is 11. The van der Waals surface area contributed by atoms with Crippen LogP contribution in [0.15, 0.2) is 0 Å². The fraction of sp³-hybridized carbons (Fsp3) is 0.923. The fourth-order valence-corrected chi connectivity index (χ4v) is 1.45. The van der Waals surface area contributed by atoms with Crippen molar-refractivity contribution in [2.75, 3.05) is 26.4 Å². The molecule has 0 radical (unpaired) electrons. The normalized spacial score (nSPS) is 13.2. The van der Waals surface area contributed by atoms with Gasteiger partial charge in [0.1, 0.15) is 0 Å². The van der Waals surface area contributed by atoms with Gasteiger partial charge in [-0.3, -0.25) is 4.79 Å². The van der Waals surface area contributed by atoms with Crippen molar-refractivity contribution in [3.63, 3.8) is 0 Å². The van der Waals surface area contributed by atoms with Gasteiger partial charge in [0.2, 0.25) is 5.91 Å². The summed E-state index contributed by atoms with van der Waals surface area (Å²) in [6, 6.07) is -0.0848. The van der Waals surface area contributed by atoms with Crippen LogP contribution in [0.2, 0.25) is 0 Å². The SMILES string of the molecule is CC(C)COCCOCCC(NC(C)C)C(N)=O. The van der Waals surface area contributed by atoms with Crippen molar-refractivity contribution >= 4 is 5.91 Å². The number of hydrogen-bond acceptors (Lipinski definition) is 4. The topological polar surface area (TPSA) is 73.6 Å². The predicted octanol–water partition coefficient (Wildman–Crippen LogP) is 0.918. The van der Waals surface area contributed by atoms with Gasteiger partial charge in [-0.15, -0.1) is 0 Å². The first-order valence-corrected chi connectivity index (χ1v) is 6.64. The Morgan fingerprint density at radius 1 is 1.11 bits per heavy atom. The molecule has 0 saturated carbocycles. The van der Waals surface area contributed by atoms with E-state index >= 15 is 0 Å². The van der Waals surface area contributed by atoms with E-state index in [0.29, 0.717) is 32.2 Å². The van der Waals surface area contributed by atoms with Gasteiger partial charge < -0.3 is 20.5 Å². The van der Waals surface area contributed by atoms with Gasteiger partial charge in [-0.2, -0.15) is 0 Å². The maximum atomic E-state index is 11.2. The molecule has 0 aliphatic carbocycles. The molecule has 3 N–H and O–H groups in total. The number of hydrogen-bond donors (Lipinski definition) is 2. The van der Waals surface area contributed by atoms with E-state index in [1.807, 2.05) is 13.8 Å². The van der Waals surface area contributed by atoms with E-state index in [0.717, 1.165) is 6.61 Å². The summed E-state index contributed by atoms with van der Waals surface area (Å²) in [5.41, 5.74) is 5.30. The standard InChI is InChI=1S/C13H28N2O3/c1-10(2)9-18-8-7-17-6-5-12(13(14)16)15-11(3)4/h10-12,15H,5-9H2,1-4H3,(H2,14,16). The van der Waals surface area contributed by atoms with E-state index in [9.17, 15) is 4.79 Å². The van der Waals surface area contributed by atoms with Crippen molar-refractivity contribution in [2.24, 2.45) is 11.7 Å². The van der Waals surface area contributed by atoms with Gasteiger partial charge >= 0.3 is 0 Å².